The van der Waals surface area contributed by atoms with Crippen molar-refractivity contribution in [3.63, 3.8) is 0 Å². The van der Waals surface area contributed by atoms with Crippen LogP contribution in [0.5, 0.6) is 0 Å². The predicted octanol–water partition coefficient (Wildman–Crippen LogP) is 5.25. The lowest BCUT2D eigenvalue weighted by Crippen LogP contribution is -2.31. The van der Waals surface area contributed by atoms with Crippen molar-refractivity contribution in [1.82, 2.24) is 24.4 Å². The van der Waals surface area contributed by atoms with Gasteiger partial charge in [-0.2, -0.15) is 0 Å². The van der Waals surface area contributed by atoms with Gasteiger partial charge in [0.15, 0.2) is 5.69 Å². The summed E-state index contributed by atoms with van der Waals surface area (Å²) in [5.41, 5.74) is 3.37. The number of carbonyl (C=O) groups excluding carboxylic acids is 2. The van der Waals surface area contributed by atoms with Crippen molar-refractivity contribution < 1.29 is 14.3 Å². The maximum absolute atomic E-state index is 14.1. The van der Waals surface area contributed by atoms with Crippen molar-refractivity contribution in [3.05, 3.63) is 87.7 Å². The monoisotopic (exact) mass is 534 g/mol. The van der Waals surface area contributed by atoms with E-state index in [1.54, 1.807) is 31.1 Å². The average Bonchev–Trinajstić information content (AvgIpc) is 3.38. The fourth-order valence-electron chi connectivity index (χ4n) is 4.77. The molecule has 2 aromatic heterocycles. The third-order valence-electron chi connectivity index (χ3n) is 6.29. The van der Waals surface area contributed by atoms with Crippen LogP contribution in [0.4, 0.5) is 5.82 Å². The molecule has 9 nitrogen and oxygen atoms in total. The zero-order valence-corrected chi connectivity index (χ0v) is 23.3. The molecule has 0 spiro atoms. The minimum absolute atomic E-state index is 0.0606. The number of imidazole rings is 1. The number of ether oxygens (including phenoxy) is 1. The van der Waals surface area contributed by atoms with Crippen LogP contribution >= 0.6 is 11.6 Å². The highest BCUT2D eigenvalue weighted by Crippen LogP contribution is 2.44. The number of hydrogen-bond donors (Lipinski definition) is 0. The van der Waals surface area contributed by atoms with Gasteiger partial charge in [-0.05, 0) is 52.3 Å². The lowest BCUT2D eigenvalue weighted by atomic mass is 10.0. The molecule has 38 heavy (non-hydrogen) atoms. The van der Waals surface area contributed by atoms with E-state index < -0.39 is 6.04 Å². The number of halogens is 1. The van der Waals surface area contributed by atoms with E-state index in [1.807, 2.05) is 58.0 Å². The van der Waals surface area contributed by atoms with Crippen LogP contribution in [0.3, 0.4) is 0 Å². The van der Waals surface area contributed by atoms with Crippen LogP contribution in [0.25, 0.3) is 5.57 Å². The molecule has 0 aliphatic carbocycles. The molecule has 1 unspecified atom stereocenters. The Hall–Kier alpha value is -3.98. The maximum atomic E-state index is 14.1. The van der Waals surface area contributed by atoms with Gasteiger partial charge in [0.25, 0.3) is 5.91 Å². The van der Waals surface area contributed by atoms with Gasteiger partial charge in [0, 0.05) is 36.1 Å². The summed E-state index contributed by atoms with van der Waals surface area (Å²) in [5.74, 6) is 1.83. The largest absolute Gasteiger partial charge is 0.494 e. The van der Waals surface area contributed by atoms with Gasteiger partial charge >= 0.3 is 0 Å². The number of anilines is 1. The number of aryl methyl sites for hydroxylation is 2. The molecule has 3 aromatic rings. The van der Waals surface area contributed by atoms with Gasteiger partial charge < -0.3 is 14.2 Å². The van der Waals surface area contributed by atoms with Gasteiger partial charge in [-0.25, -0.2) is 15.0 Å². The molecule has 0 bridgehead atoms. The molecule has 4 rings (SSSR count). The molecule has 1 atom stereocenters. The number of fused-ring (bicyclic) bond motifs is 1. The second-order valence-electron chi connectivity index (χ2n) is 9.35. The standard InChI is InChI=1S/C28H31ClN6O3/c1-8-21(22(38-7)14-33(6)15-36)27-32-24-26(34(27)16(2)3)25(19-9-11-20(29)12-10-19)35(28(24)37)23-13-17(4)30-18(5)31-23/h8-16,25H,1-7H3/b21-8+,22-14+. The number of rotatable bonds is 8. The predicted molar refractivity (Wildman–Crippen MR) is 147 cm³/mol. The second-order valence-corrected chi connectivity index (χ2v) is 9.78. The first-order valence-corrected chi connectivity index (χ1v) is 12.6. The van der Waals surface area contributed by atoms with Crippen molar-refractivity contribution in [2.75, 3.05) is 19.1 Å². The fourth-order valence-corrected chi connectivity index (χ4v) is 4.89. The SMILES string of the molecule is C/C=C(\C(=C/N(C)C=O)OC)c1nc2c(n1C(C)C)C(c1ccc(Cl)cc1)N(c1cc(C)nc(C)n1)C2=O. The summed E-state index contributed by atoms with van der Waals surface area (Å²) < 4.78 is 7.70. The van der Waals surface area contributed by atoms with Crippen molar-refractivity contribution >= 4 is 35.3 Å². The van der Waals surface area contributed by atoms with Gasteiger partial charge in [0.2, 0.25) is 6.41 Å². The van der Waals surface area contributed by atoms with E-state index in [2.05, 4.69) is 14.5 Å². The molecule has 0 saturated heterocycles. The van der Waals surface area contributed by atoms with Crippen molar-refractivity contribution in [2.45, 2.75) is 46.7 Å². The zero-order chi connectivity index (χ0) is 27.7. The lowest BCUT2D eigenvalue weighted by molar-refractivity contribution is -0.115. The fraction of sp³-hybridized carbons (Fsp3) is 0.321. The number of benzene rings is 1. The Morgan fingerprint density at radius 2 is 1.84 bits per heavy atom. The highest BCUT2D eigenvalue weighted by molar-refractivity contribution is 6.30. The highest BCUT2D eigenvalue weighted by Gasteiger charge is 2.45. The van der Waals surface area contributed by atoms with E-state index in [4.69, 9.17) is 21.3 Å². The molecular formula is C28H31ClN6O3. The molecule has 1 aliphatic rings. The van der Waals surface area contributed by atoms with Crippen LogP contribution in [0, 0.1) is 13.8 Å². The number of methoxy groups -OCH3 is 1. The number of allylic oxidation sites excluding steroid dienone is 2. The summed E-state index contributed by atoms with van der Waals surface area (Å²) in [4.78, 5) is 42.3. The van der Waals surface area contributed by atoms with Crippen LogP contribution in [-0.2, 0) is 9.53 Å². The molecule has 0 radical (unpaired) electrons. The summed E-state index contributed by atoms with van der Waals surface area (Å²) in [6.07, 6.45) is 4.13. The first kappa shape index (κ1) is 27.1. The molecule has 3 heterocycles. The summed E-state index contributed by atoms with van der Waals surface area (Å²) in [6, 6.07) is 8.69. The number of nitrogens with zero attached hydrogens (tertiary/aromatic N) is 6. The first-order chi connectivity index (χ1) is 18.1. The molecule has 198 valence electrons. The zero-order valence-electron chi connectivity index (χ0n) is 22.6. The molecular weight excluding hydrogens is 504 g/mol. The number of carbonyl (C=O) groups is 2. The van der Waals surface area contributed by atoms with Crippen LogP contribution in [0.1, 0.15) is 71.9 Å². The van der Waals surface area contributed by atoms with Gasteiger partial charge in [-0.3, -0.25) is 14.5 Å². The summed E-state index contributed by atoms with van der Waals surface area (Å²) in [5, 5.41) is 0.599. The first-order valence-electron chi connectivity index (χ1n) is 12.2. The third-order valence-corrected chi connectivity index (χ3v) is 6.54. The molecule has 1 aromatic carbocycles. The number of amides is 2. The Bertz CT molecular complexity index is 1420. The van der Waals surface area contributed by atoms with Crippen LogP contribution < -0.4 is 4.90 Å². The third kappa shape index (κ3) is 4.81. The average molecular weight is 535 g/mol. The molecule has 2 amide bonds. The molecule has 0 N–H and O–H groups in total. The topological polar surface area (TPSA) is 93.5 Å². The minimum Gasteiger partial charge on any atom is -0.494 e. The van der Waals surface area contributed by atoms with E-state index in [1.165, 1.54) is 12.0 Å². The van der Waals surface area contributed by atoms with Crippen molar-refractivity contribution in [1.29, 1.82) is 0 Å². The van der Waals surface area contributed by atoms with Gasteiger partial charge in [0.1, 0.15) is 29.3 Å². The van der Waals surface area contributed by atoms with E-state index in [0.29, 0.717) is 45.9 Å². The molecule has 0 fully saturated rings. The van der Waals surface area contributed by atoms with E-state index in [-0.39, 0.29) is 11.9 Å². The van der Waals surface area contributed by atoms with Crippen LogP contribution in [0.15, 0.2) is 48.4 Å². The van der Waals surface area contributed by atoms with E-state index in [9.17, 15) is 9.59 Å². The van der Waals surface area contributed by atoms with Gasteiger partial charge in [-0.1, -0.05) is 29.8 Å². The Labute approximate surface area is 227 Å². The van der Waals surface area contributed by atoms with Gasteiger partial charge in [0.05, 0.1) is 18.4 Å². The molecule has 0 saturated carbocycles. The maximum Gasteiger partial charge on any atom is 0.280 e. The summed E-state index contributed by atoms with van der Waals surface area (Å²) in [6.45, 7) is 9.63. The van der Waals surface area contributed by atoms with E-state index >= 15 is 0 Å². The highest BCUT2D eigenvalue weighted by atomic mass is 35.5. The number of hydrogen-bond acceptors (Lipinski definition) is 6. The quantitative estimate of drug-likeness (QED) is 0.222. The summed E-state index contributed by atoms with van der Waals surface area (Å²) >= 11 is 6.22. The van der Waals surface area contributed by atoms with E-state index in [0.717, 1.165) is 17.0 Å². The normalized spacial score (nSPS) is 15.8. The van der Waals surface area contributed by atoms with Crippen LogP contribution in [0.2, 0.25) is 5.02 Å². The number of aromatic nitrogens is 4. The summed E-state index contributed by atoms with van der Waals surface area (Å²) in [7, 11) is 3.16. The Balaban J connectivity index is 2.00. The second kappa shape index (κ2) is 10.8. The Morgan fingerprint density at radius 3 is 2.39 bits per heavy atom. The Morgan fingerprint density at radius 1 is 1.16 bits per heavy atom. The van der Waals surface area contributed by atoms with Crippen LogP contribution in [-0.4, -0.2) is 50.9 Å². The van der Waals surface area contributed by atoms with Gasteiger partial charge in [-0.15, -0.1) is 0 Å². The molecule has 10 heteroatoms. The smallest absolute Gasteiger partial charge is 0.280 e. The minimum atomic E-state index is -0.502. The van der Waals surface area contributed by atoms with Crippen molar-refractivity contribution in [3.8, 4) is 0 Å². The molecule has 1 aliphatic heterocycles. The Kier molecular flexibility index (Phi) is 7.68. The lowest BCUT2D eigenvalue weighted by Gasteiger charge is -2.28. The van der Waals surface area contributed by atoms with Crippen molar-refractivity contribution in [2.24, 2.45) is 0 Å².